The lowest BCUT2D eigenvalue weighted by molar-refractivity contribution is -0.138. The quantitative estimate of drug-likeness (QED) is 0.148. The zero-order chi connectivity index (χ0) is 22.7. The Morgan fingerprint density at radius 2 is 1.73 bits per heavy atom. The van der Waals surface area contributed by atoms with Gasteiger partial charge in [-0.15, -0.1) is 0 Å². The van der Waals surface area contributed by atoms with Gasteiger partial charge in [0, 0.05) is 30.5 Å². The largest absolute Gasteiger partial charge is 0.481 e. The van der Waals surface area contributed by atoms with Gasteiger partial charge in [-0.1, -0.05) is 0 Å². The molecule has 1 aromatic heterocycles. The van der Waals surface area contributed by atoms with E-state index in [2.05, 4.69) is 38.5 Å². The van der Waals surface area contributed by atoms with Crippen LogP contribution in [0.25, 0.3) is 0 Å². The third kappa shape index (κ3) is 8.91. The summed E-state index contributed by atoms with van der Waals surface area (Å²) in [4.78, 5) is 65.2. The second-order valence-electron chi connectivity index (χ2n) is 6.24. The number of aromatic nitrogens is 2. The summed E-state index contributed by atoms with van der Waals surface area (Å²) in [5.41, 5.74) is 6.04. The summed E-state index contributed by atoms with van der Waals surface area (Å²) >= 11 is 3.89. The van der Waals surface area contributed by atoms with Crippen LogP contribution in [0.4, 0.5) is 0 Å². The van der Waals surface area contributed by atoms with Crippen LogP contribution in [-0.2, 0) is 30.4 Å². The molecule has 166 valence electrons. The fourth-order valence-corrected chi connectivity index (χ4v) is 2.45. The van der Waals surface area contributed by atoms with E-state index in [1.807, 2.05) is 0 Å². The summed E-state index contributed by atoms with van der Waals surface area (Å²) in [6, 6.07) is -3.51. The number of H-pyrrole nitrogens is 1. The normalized spacial score (nSPS) is 13.5. The number of hydrogen-bond acceptors (Lipinski definition) is 8. The molecule has 3 amide bonds. The van der Waals surface area contributed by atoms with Crippen LogP contribution in [0.2, 0.25) is 0 Å². The number of carbonyl (C=O) groups is 5. The van der Waals surface area contributed by atoms with E-state index in [-0.39, 0.29) is 18.6 Å². The molecule has 0 radical (unpaired) electrons. The molecule has 1 heterocycles. The van der Waals surface area contributed by atoms with E-state index < -0.39 is 60.8 Å². The van der Waals surface area contributed by atoms with E-state index in [9.17, 15) is 24.0 Å². The SMILES string of the molecule is NC(CS)C(=O)NC(CCC(=O)O)C(=O)NC(Cc1cnc[nH]1)C(=O)NCC(=O)O. The highest BCUT2D eigenvalue weighted by molar-refractivity contribution is 7.80. The first kappa shape index (κ1) is 24.9. The molecule has 0 aliphatic heterocycles. The van der Waals surface area contributed by atoms with Gasteiger partial charge in [-0.3, -0.25) is 24.0 Å². The third-order valence-corrected chi connectivity index (χ3v) is 4.23. The van der Waals surface area contributed by atoms with Crippen molar-refractivity contribution in [3.63, 3.8) is 0 Å². The molecule has 0 saturated heterocycles. The summed E-state index contributed by atoms with van der Waals surface area (Å²) in [5, 5.41) is 24.5. The van der Waals surface area contributed by atoms with Crippen molar-refractivity contribution in [3.8, 4) is 0 Å². The fourth-order valence-electron chi connectivity index (χ4n) is 2.28. The lowest BCUT2D eigenvalue weighted by Gasteiger charge is -2.23. The van der Waals surface area contributed by atoms with Crippen molar-refractivity contribution in [2.75, 3.05) is 12.3 Å². The average Bonchev–Trinajstić information content (AvgIpc) is 3.20. The summed E-state index contributed by atoms with van der Waals surface area (Å²) in [5.74, 6) is -4.78. The van der Waals surface area contributed by atoms with E-state index in [4.69, 9.17) is 15.9 Å². The first-order valence-electron chi connectivity index (χ1n) is 8.79. The highest BCUT2D eigenvalue weighted by Gasteiger charge is 2.29. The van der Waals surface area contributed by atoms with Gasteiger partial charge in [0.2, 0.25) is 17.7 Å². The predicted octanol–water partition coefficient (Wildman–Crippen LogP) is -2.76. The topological polar surface area (TPSA) is 217 Å². The standard InChI is InChI=1S/C16H24N6O7S/c17-9(6-30)14(27)21-10(1-2-12(23)24)16(29)22-11(3-8-4-18-7-20-8)15(28)19-5-13(25)26/h4,7,9-11,30H,1-3,5-6,17H2,(H,18,20)(H,19,28)(H,21,27)(H,22,29)(H,23,24)(H,25,26). The maximum atomic E-state index is 12.7. The van der Waals surface area contributed by atoms with Crippen LogP contribution >= 0.6 is 12.6 Å². The van der Waals surface area contributed by atoms with Crippen molar-refractivity contribution in [2.45, 2.75) is 37.4 Å². The Morgan fingerprint density at radius 3 is 2.27 bits per heavy atom. The number of rotatable bonds is 13. The second kappa shape index (κ2) is 12.4. The summed E-state index contributed by atoms with van der Waals surface area (Å²) in [6.07, 6.45) is 2.05. The van der Waals surface area contributed by atoms with E-state index in [1.165, 1.54) is 12.5 Å². The van der Waals surface area contributed by atoms with Crippen molar-refractivity contribution in [3.05, 3.63) is 18.2 Å². The van der Waals surface area contributed by atoms with Crippen molar-refractivity contribution in [1.29, 1.82) is 0 Å². The first-order valence-corrected chi connectivity index (χ1v) is 9.43. The van der Waals surface area contributed by atoms with Crippen molar-refractivity contribution >= 4 is 42.3 Å². The maximum Gasteiger partial charge on any atom is 0.322 e. The molecular formula is C16H24N6O7S. The Labute approximate surface area is 176 Å². The Kier molecular flexibility index (Phi) is 10.3. The van der Waals surface area contributed by atoms with Crippen LogP contribution in [0.1, 0.15) is 18.5 Å². The number of nitrogens with one attached hydrogen (secondary N) is 4. The predicted molar refractivity (Wildman–Crippen MR) is 105 cm³/mol. The minimum absolute atomic E-state index is 0.000847. The highest BCUT2D eigenvalue weighted by atomic mass is 32.1. The zero-order valence-electron chi connectivity index (χ0n) is 15.8. The number of nitrogens with zero attached hydrogens (tertiary/aromatic N) is 1. The van der Waals surface area contributed by atoms with Gasteiger partial charge in [-0.25, -0.2) is 4.98 Å². The molecule has 3 unspecified atom stereocenters. The fraction of sp³-hybridized carbons (Fsp3) is 0.500. The maximum absolute atomic E-state index is 12.7. The van der Waals surface area contributed by atoms with Gasteiger partial charge in [-0.05, 0) is 6.42 Å². The Bertz CT molecular complexity index is 757. The molecule has 13 nitrogen and oxygen atoms in total. The number of hydrogen-bond donors (Lipinski definition) is 8. The van der Waals surface area contributed by atoms with Gasteiger partial charge in [0.1, 0.15) is 18.6 Å². The lowest BCUT2D eigenvalue weighted by Crippen LogP contribution is -2.56. The number of carboxylic acid groups (broad SMARTS) is 2. The second-order valence-corrected chi connectivity index (χ2v) is 6.60. The molecule has 14 heteroatoms. The monoisotopic (exact) mass is 444 g/mol. The molecule has 1 rings (SSSR count). The van der Waals surface area contributed by atoms with Gasteiger partial charge in [0.25, 0.3) is 0 Å². The smallest absolute Gasteiger partial charge is 0.322 e. The van der Waals surface area contributed by atoms with E-state index >= 15 is 0 Å². The molecule has 0 fully saturated rings. The van der Waals surface area contributed by atoms with E-state index in [1.54, 1.807) is 0 Å². The lowest BCUT2D eigenvalue weighted by atomic mass is 10.1. The molecule has 8 N–H and O–H groups in total. The van der Waals surface area contributed by atoms with Crippen LogP contribution in [0.3, 0.4) is 0 Å². The highest BCUT2D eigenvalue weighted by Crippen LogP contribution is 2.04. The van der Waals surface area contributed by atoms with Crippen molar-refractivity contribution in [2.24, 2.45) is 5.73 Å². The number of carbonyl (C=O) groups excluding carboxylic acids is 3. The van der Waals surface area contributed by atoms with Crippen LogP contribution < -0.4 is 21.7 Å². The molecule has 0 aromatic carbocycles. The number of nitrogens with two attached hydrogens (primary N) is 1. The zero-order valence-corrected chi connectivity index (χ0v) is 16.7. The Morgan fingerprint density at radius 1 is 1.07 bits per heavy atom. The molecular weight excluding hydrogens is 420 g/mol. The molecule has 0 saturated carbocycles. The van der Waals surface area contributed by atoms with Crippen molar-refractivity contribution < 1.29 is 34.2 Å². The number of aromatic amines is 1. The molecule has 1 aromatic rings. The van der Waals surface area contributed by atoms with Gasteiger partial charge in [0.05, 0.1) is 12.4 Å². The van der Waals surface area contributed by atoms with Gasteiger partial charge in [0.15, 0.2) is 0 Å². The van der Waals surface area contributed by atoms with E-state index in [0.717, 1.165) is 0 Å². The summed E-state index contributed by atoms with van der Waals surface area (Å²) in [6.45, 7) is -0.663. The Balaban J connectivity index is 2.94. The Hall–Kier alpha value is -3.13. The number of amides is 3. The third-order valence-electron chi connectivity index (χ3n) is 3.84. The van der Waals surface area contributed by atoms with E-state index in [0.29, 0.717) is 5.69 Å². The van der Waals surface area contributed by atoms with Crippen LogP contribution in [-0.4, -0.2) is 80.3 Å². The van der Waals surface area contributed by atoms with Gasteiger partial charge in [-0.2, -0.15) is 12.6 Å². The summed E-state index contributed by atoms with van der Waals surface area (Å²) < 4.78 is 0. The molecule has 0 bridgehead atoms. The average molecular weight is 444 g/mol. The van der Waals surface area contributed by atoms with Crippen molar-refractivity contribution in [1.82, 2.24) is 25.9 Å². The molecule has 0 aliphatic rings. The number of aliphatic carboxylic acids is 2. The minimum Gasteiger partial charge on any atom is -0.481 e. The van der Waals surface area contributed by atoms with Gasteiger partial charge >= 0.3 is 11.9 Å². The van der Waals surface area contributed by atoms with Crippen LogP contribution in [0.5, 0.6) is 0 Å². The molecule has 30 heavy (non-hydrogen) atoms. The number of carboxylic acids is 2. The number of thiol groups is 1. The first-order chi connectivity index (χ1) is 14.1. The molecule has 0 aliphatic carbocycles. The number of imidazole rings is 1. The molecule has 0 spiro atoms. The van der Waals surface area contributed by atoms with Crippen LogP contribution in [0.15, 0.2) is 12.5 Å². The van der Waals surface area contributed by atoms with Gasteiger partial charge < -0.3 is 36.9 Å². The summed E-state index contributed by atoms with van der Waals surface area (Å²) in [7, 11) is 0. The van der Waals surface area contributed by atoms with Crippen LogP contribution in [0, 0.1) is 0 Å². The molecule has 3 atom stereocenters. The minimum atomic E-state index is -1.28.